The molecular weight excluding hydrogens is 291 g/mol. The molecule has 2 N–H and O–H groups in total. The van der Waals surface area contributed by atoms with Crippen LogP contribution in [0.1, 0.15) is 39.5 Å². The van der Waals surface area contributed by atoms with E-state index in [4.69, 9.17) is 5.11 Å². The number of alkyl halides is 3. The summed E-state index contributed by atoms with van der Waals surface area (Å²) in [5.74, 6) is -1.25. The van der Waals surface area contributed by atoms with E-state index < -0.39 is 18.8 Å². The Morgan fingerprint density at radius 1 is 1.14 bits per heavy atom. The largest absolute Gasteiger partial charge is 0.481 e. The summed E-state index contributed by atoms with van der Waals surface area (Å²) in [6, 6.07) is 0. The maximum atomic E-state index is 11.8. The Hall–Kier alpha value is -1.31. The highest BCUT2D eigenvalue weighted by Crippen LogP contribution is 2.25. The van der Waals surface area contributed by atoms with Gasteiger partial charge in [-0.3, -0.25) is 9.59 Å². The summed E-state index contributed by atoms with van der Waals surface area (Å²) in [5.41, 5.74) is -0.224. The standard InChI is InChI=1S/C13H22F3NO4/c1-12(2,5-3-11(19)20)6-7-17-10(18)4-8-21-9-13(14,15)16/h3-9H2,1-2H3,(H,17,18)(H,19,20). The van der Waals surface area contributed by atoms with Gasteiger partial charge in [0.15, 0.2) is 0 Å². The summed E-state index contributed by atoms with van der Waals surface area (Å²) in [7, 11) is 0. The van der Waals surface area contributed by atoms with E-state index in [0.717, 1.165) is 0 Å². The van der Waals surface area contributed by atoms with Crippen molar-refractivity contribution in [1.29, 1.82) is 0 Å². The first-order valence-electron chi connectivity index (χ1n) is 6.65. The molecule has 0 aromatic rings. The summed E-state index contributed by atoms with van der Waals surface area (Å²) in [6.07, 6.45) is -3.37. The molecular formula is C13H22F3NO4. The minimum atomic E-state index is -4.38. The summed E-state index contributed by atoms with van der Waals surface area (Å²) in [6.45, 7) is 2.50. The number of ether oxygens (including phenoxy) is 1. The molecule has 0 rings (SSSR count). The molecule has 0 saturated carbocycles. The lowest BCUT2D eigenvalue weighted by atomic mass is 9.84. The van der Waals surface area contributed by atoms with E-state index in [1.807, 2.05) is 13.8 Å². The number of hydrogen-bond donors (Lipinski definition) is 2. The molecule has 0 heterocycles. The van der Waals surface area contributed by atoms with Gasteiger partial charge in [-0.2, -0.15) is 13.2 Å². The number of aliphatic carboxylic acids is 1. The van der Waals surface area contributed by atoms with Gasteiger partial charge in [0.1, 0.15) is 6.61 Å². The van der Waals surface area contributed by atoms with Gasteiger partial charge in [-0.1, -0.05) is 13.8 Å². The number of halogens is 3. The van der Waals surface area contributed by atoms with Crippen molar-refractivity contribution in [2.75, 3.05) is 19.8 Å². The first-order valence-corrected chi connectivity index (χ1v) is 6.65. The normalized spacial score (nSPS) is 12.2. The molecule has 0 aromatic carbocycles. The molecule has 0 aromatic heterocycles. The van der Waals surface area contributed by atoms with E-state index in [1.165, 1.54) is 0 Å². The van der Waals surface area contributed by atoms with Crippen molar-refractivity contribution < 1.29 is 32.6 Å². The topological polar surface area (TPSA) is 75.6 Å². The fraction of sp³-hybridized carbons (Fsp3) is 0.846. The number of carboxylic acid groups (broad SMARTS) is 1. The zero-order valence-electron chi connectivity index (χ0n) is 12.3. The molecule has 0 radical (unpaired) electrons. The Morgan fingerprint density at radius 2 is 1.76 bits per heavy atom. The van der Waals surface area contributed by atoms with Crippen LogP contribution >= 0.6 is 0 Å². The quantitative estimate of drug-likeness (QED) is 0.607. The molecule has 0 bridgehead atoms. The predicted molar refractivity (Wildman–Crippen MR) is 69.8 cm³/mol. The third-order valence-corrected chi connectivity index (χ3v) is 2.88. The van der Waals surface area contributed by atoms with Crippen molar-refractivity contribution in [3.8, 4) is 0 Å². The zero-order chi connectivity index (χ0) is 16.5. The highest BCUT2D eigenvalue weighted by molar-refractivity contribution is 5.75. The molecule has 124 valence electrons. The smallest absolute Gasteiger partial charge is 0.411 e. The van der Waals surface area contributed by atoms with Gasteiger partial charge in [-0.25, -0.2) is 0 Å². The van der Waals surface area contributed by atoms with Gasteiger partial charge in [0.05, 0.1) is 6.61 Å². The van der Waals surface area contributed by atoms with Gasteiger partial charge in [-0.05, 0) is 18.3 Å². The van der Waals surface area contributed by atoms with E-state index >= 15 is 0 Å². The minimum absolute atomic E-state index is 0.0617. The third kappa shape index (κ3) is 13.4. The number of nitrogens with one attached hydrogen (secondary N) is 1. The molecule has 5 nitrogen and oxygen atoms in total. The number of rotatable bonds is 10. The van der Waals surface area contributed by atoms with Crippen molar-refractivity contribution in [1.82, 2.24) is 5.32 Å². The fourth-order valence-corrected chi connectivity index (χ4v) is 1.55. The van der Waals surface area contributed by atoms with Gasteiger partial charge >= 0.3 is 12.1 Å². The van der Waals surface area contributed by atoms with Crippen molar-refractivity contribution >= 4 is 11.9 Å². The molecule has 0 saturated heterocycles. The average Bonchev–Trinajstić information content (AvgIpc) is 2.31. The molecule has 21 heavy (non-hydrogen) atoms. The van der Waals surface area contributed by atoms with Gasteiger partial charge < -0.3 is 15.2 Å². The second-order valence-corrected chi connectivity index (χ2v) is 5.58. The van der Waals surface area contributed by atoms with Gasteiger partial charge in [0.25, 0.3) is 0 Å². The molecule has 0 unspecified atom stereocenters. The molecule has 0 spiro atoms. The number of carbonyl (C=O) groups is 2. The van der Waals surface area contributed by atoms with Crippen LogP contribution in [0, 0.1) is 5.41 Å². The van der Waals surface area contributed by atoms with Crippen LogP contribution < -0.4 is 5.32 Å². The second-order valence-electron chi connectivity index (χ2n) is 5.58. The van der Waals surface area contributed by atoms with Crippen LogP contribution in [-0.2, 0) is 14.3 Å². The Balaban J connectivity index is 3.71. The summed E-state index contributed by atoms with van der Waals surface area (Å²) < 4.78 is 39.7. The lowest BCUT2D eigenvalue weighted by Crippen LogP contribution is -2.29. The van der Waals surface area contributed by atoms with E-state index in [1.54, 1.807) is 0 Å². The van der Waals surface area contributed by atoms with Crippen LogP contribution in [0.2, 0.25) is 0 Å². The molecule has 0 atom stereocenters. The second kappa shape index (κ2) is 8.86. The number of carbonyl (C=O) groups excluding carboxylic acids is 1. The van der Waals surface area contributed by atoms with Crippen molar-refractivity contribution in [2.24, 2.45) is 5.41 Å². The number of amides is 1. The van der Waals surface area contributed by atoms with Crippen LogP contribution in [0.3, 0.4) is 0 Å². The SMILES string of the molecule is CC(C)(CCNC(=O)CCOCC(F)(F)F)CCC(=O)O. The summed E-state index contributed by atoms with van der Waals surface area (Å²) in [5, 5.41) is 11.2. The number of carboxylic acids is 1. The lowest BCUT2D eigenvalue weighted by molar-refractivity contribution is -0.174. The highest BCUT2D eigenvalue weighted by Gasteiger charge is 2.27. The first kappa shape index (κ1) is 19.7. The van der Waals surface area contributed by atoms with Crippen molar-refractivity contribution in [2.45, 2.75) is 45.7 Å². The van der Waals surface area contributed by atoms with Crippen LogP contribution in [0.4, 0.5) is 13.2 Å². The Kier molecular flexibility index (Phi) is 8.31. The van der Waals surface area contributed by atoms with Crippen LogP contribution in [-0.4, -0.2) is 42.9 Å². The molecule has 8 heteroatoms. The predicted octanol–water partition coefficient (Wildman–Crippen LogP) is 2.35. The van der Waals surface area contributed by atoms with E-state index in [2.05, 4.69) is 10.1 Å². The van der Waals surface area contributed by atoms with E-state index in [-0.39, 0.29) is 30.8 Å². The lowest BCUT2D eigenvalue weighted by Gasteiger charge is -2.23. The monoisotopic (exact) mass is 313 g/mol. The zero-order valence-corrected chi connectivity index (χ0v) is 12.3. The van der Waals surface area contributed by atoms with Crippen LogP contribution in [0.15, 0.2) is 0 Å². The van der Waals surface area contributed by atoms with Crippen LogP contribution in [0.25, 0.3) is 0 Å². The van der Waals surface area contributed by atoms with Gasteiger partial charge in [0, 0.05) is 19.4 Å². The summed E-state index contributed by atoms with van der Waals surface area (Å²) >= 11 is 0. The molecule has 0 fully saturated rings. The average molecular weight is 313 g/mol. The minimum Gasteiger partial charge on any atom is -0.481 e. The van der Waals surface area contributed by atoms with E-state index in [0.29, 0.717) is 19.4 Å². The molecule has 0 aliphatic heterocycles. The maximum absolute atomic E-state index is 11.8. The third-order valence-electron chi connectivity index (χ3n) is 2.88. The van der Waals surface area contributed by atoms with Crippen molar-refractivity contribution in [3.05, 3.63) is 0 Å². The summed E-state index contributed by atoms with van der Waals surface area (Å²) in [4.78, 5) is 21.8. The Bertz CT molecular complexity index is 343. The molecule has 0 aliphatic rings. The maximum Gasteiger partial charge on any atom is 0.411 e. The first-order chi connectivity index (χ1) is 9.52. The van der Waals surface area contributed by atoms with Gasteiger partial charge in [0.2, 0.25) is 5.91 Å². The molecule has 0 aliphatic carbocycles. The number of hydrogen-bond acceptors (Lipinski definition) is 3. The van der Waals surface area contributed by atoms with E-state index in [9.17, 15) is 22.8 Å². The molecule has 1 amide bonds. The Morgan fingerprint density at radius 3 is 2.29 bits per heavy atom. The van der Waals surface area contributed by atoms with Crippen molar-refractivity contribution in [3.63, 3.8) is 0 Å². The fourth-order valence-electron chi connectivity index (χ4n) is 1.55. The highest BCUT2D eigenvalue weighted by atomic mass is 19.4. The Labute approximate surface area is 121 Å². The van der Waals surface area contributed by atoms with Gasteiger partial charge in [-0.15, -0.1) is 0 Å². The van der Waals surface area contributed by atoms with Crippen LogP contribution in [0.5, 0.6) is 0 Å².